The fourth-order valence-electron chi connectivity index (χ4n) is 1.60. The lowest BCUT2D eigenvalue weighted by Gasteiger charge is -2.08. The standard InChI is InChI=1S/C14H23N3OS/c1-3-15-14(16-4-2)17-10-11-19(18)12-13-8-6-5-7-9-13/h5-9H,3-4,10-12H2,1-2H3,(H2,15,16,17). The van der Waals surface area contributed by atoms with Gasteiger partial charge >= 0.3 is 0 Å². The van der Waals surface area contributed by atoms with Crippen LogP contribution in [0.4, 0.5) is 0 Å². The van der Waals surface area contributed by atoms with Crippen LogP contribution in [0.15, 0.2) is 35.3 Å². The summed E-state index contributed by atoms with van der Waals surface area (Å²) in [5.41, 5.74) is 1.11. The quantitative estimate of drug-likeness (QED) is 0.588. The summed E-state index contributed by atoms with van der Waals surface area (Å²) in [4.78, 5) is 4.39. The Balaban J connectivity index is 2.35. The van der Waals surface area contributed by atoms with E-state index >= 15 is 0 Å². The number of nitrogens with one attached hydrogen (secondary N) is 2. The van der Waals surface area contributed by atoms with Crippen LogP contribution in [0.5, 0.6) is 0 Å². The van der Waals surface area contributed by atoms with E-state index in [4.69, 9.17) is 0 Å². The molecule has 0 saturated heterocycles. The van der Waals surface area contributed by atoms with Crippen LogP contribution in [0, 0.1) is 0 Å². The summed E-state index contributed by atoms with van der Waals surface area (Å²) >= 11 is 0. The van der Waals surface area contributed by atoms with Crippen molar-refractivity contribution in [3.05, 3.63) is 35.9 Å². The van der Waals surface area contributed by atoms with Gasteiger partial charge in [0.05, 0.1) is 6.54 Å². The smallest absolute Gasteiger partial charge is 0.191 e. The van der Waals surface area contributed by atoms with Gasteiger partial charge < -0.3 is 10.6 Å². The molecule has 19 heavy (non-hydrogen) atoms. The Morgan fingerprint density at radius 2 is 1.79 bits per heavy atom. The number of guanidine groups is 1. The molecule has 1 unspecified atom stereocenters. The molecule has 1 aromatic carbocycles. The Labute approximate surface area is 118 Å². The summed E-state index contributed by atoms with van der Waals surface area (Å²) in [6.07, 6.45) is 0. The number of hydrogen-bond acceptors (Lipinski definition) is 2. The monoisotopic (exact) mass is 281 g/mol. The van der Waals surface area contributed by atoms with Crippen LogP contribution in [-0.4, -0.2) is 35.6 Å². The third-order valence-electron chi connectivity index (χ3n) is 2.45. The highest BCUT2D eigenvalue weighted by atomic mass is 32.2. The third-order valence-corrected chi connectivity index (χ3v) is 3.74. The lowest BCUT2D eigenvalue weighted by molar-refractivity contribution is 0.682. The maximum Gasteiger partial charge on any atom is 0.191 e. The number of aliphatic imine (C=N–C) groups is 1. The fourth-order valence-corrected chi connectivity index (χ4v) is 2.60. The van der Waals surface area contributed by atoms with Gasteiger partial charge in [-0.25, -0.2) is 0 Å². The van der Waals surface area contributed by atoms with Crippen LogP contribution < -0.4 is 10.6 Å². The molecule has 0 radical (unpaired) electrons. The average Bonchev–Trinajstić information content (AvgIpc) is 2.40. The average molecular weight is 281 g/mol. The maximum absolute atomic E-state index is 11.9. The molecule has 1 aromatic rings. The summed E-state index contributed by atoms with van der Waals surface area (Å²) in [5, 5.41) is 6.29. The van der Waals surface area contributed by atoms with E-state index < -0.39 is 10.8 Å². The number of nitrogens with zero attached hydrogens (tertiary/aromatic N) is 1. The van der Waals surface area contributed by atoms with Gasteiger partial charge in [-0.1, -0.05) is 30.3 Å². The predicted molar refractivity (Wildman–Crippen MR) is 82.8 cm³/mol. The van der Waals surface area contributed by atoms with Crippen molar-refractivity contribution in [2.24, 2.45) is 4.99 Å². The van der Waals surface area contributed by atoms with Gasteiger partial charge in [-0.2, -0.15) is 0 Å². The van der Waals surface area contributed by atoms with Gasteiger partial charge in [0, 0.05) is 35.4 Å². The van der Waals surface area contributed by atoms with Gasteiger partial charge in [-0.05, 0) is 19.4 Å². The van der Waals surface area contributed by atoms with Crippen molar-refractivity contribution >= 4 is 16.8 Å². The molecule has 0 spiro atoms. The van der Waals surface area contributed by atoms with E-state index in [1.54, 1.807) is 0 Å². The van der Waals surface area contributed by atoms with Crippen molar-refractivity contribution in [3.8, 4) is 0 Å². The molecule has 5 heteroatoms. The Morgan fingerprint density at radius 3 is 2.37 bits per heavy atom. The van der Waals surface area contributed by atoms with Crippen LogP contribution >= 0.6 is 0 Å². The molecule has 0 aromatic heterocycles. The Kier molecular flexibility index (Phi) is 7.89. The van der Waals surface area contributed by atoms with Gasteiger partial charge in [0.15, 0.2) is 5.96 Å². The predicted octanol–water partition coefficient (Wildman–Crippen LogP) is 1.51. The first-order valence-corrected chi connectivity index (χ1v) is 8.16. The molecule has 0 heterocycles. The van der Waals surface area contributed by atoms with Gasteiger partial charge in [0.25, 0.3) is 0 Å². The van der Waals surface area contributed by atoms with Crippen molar-refractivity contribution in [3.63, 3.8) is 0 Å². The molecule has 0 aliphatic carbocycles. The highest BCUT2D eigenvalue weighted by molar-refractivity contribution is 7.84. The van der Waals surface area contributed by atoms with Gasteiger partial charge in [-0.15, -0.1) is 0 Å². The minimum absolute atomic E-state index is 0.578. The Morgan fingerprint density at radius 1 is 1.16 bits per heavy atom. The molecule has 106 valence electrons. The number of hydrogen-bond donors (Lipinski definition) is 2. The lowest BCUT2D eigenvalue weighted by Crippen LogP contribution is -2.37. The van der Waals surface area contributed by atoms with Crippen molar-refractivity contribution < 1.29 is 4.21 Å². The lowest BCUT2D eigenvalue weighted by atomic mass is 10.2. The van der Waals surface area contributed by atoms with Gasteiger partial charge in [0.2, 0.25) is 0 Å². The molecule has 4 nitrogen and oxygen atoms in total. The molecule has 0 bridgehead atoms. The van der Waals surface area contributed by atoms with Crippen molar-refractivity contribution in [1.29, 1.82) is 0 Å². The second kappa shape index (κ2) is 9.55. The van der Waals surface area contributed by atoms with E-state index in [9.17, 15) is 4.21 Å². The zero-order chi connectivity index (χ0) is 13.9. The van der Waals surface area contributed by atoms with E-state index in [-0.39, 0.29) is 0 Å². The molecule has 0 aliphatic heterocycles. The SMILES string of the molecule is CCNC(=NCCS(=O)Cc1ccccc1)NCC. The van der Waals surface area contributed by atoms with Crippen LogP contribution in [-0.2, 0) is 16.6 Å². The number of benzene rings is 1. The molecule has 1 atom stereocenters. The zero-order valence-electron chi connectivity index (χ0n) is 11.7. The molecular weight excluding hydrogens is 258 g/mol. The molecule has 2 N–H and O–H groups in total. The summed E-state index contributed by atoms with van der Waals surface area (Å²) in [6, 6.07) is 9.92. The molecule has 0 saturated carbocycles. The van der Waals surface area contributed by atoms with Crippen LogP contribution in [0.1, 0.15) is 19.4 Å². The highest BCUT2D eigenvalue weighted by Crippen LogP contribution is 2.02. The van der Waals surface area contributed by atoms with Crippen molar-refractivity contribution in [2.75, 3.05) is 25.4 Å². The molecule has 0 aliphatic rings. The maximum atomic E-state index is 11.9. The normalized spacial score (nSPS) is 11.7. The molecular formula is C14H23N3OS. The first-order valence-electron chi connectivity index (χ1n) is 6.67. The summed E-state index contributed by atoms with van der Waals surface area (Å²) in [5.74, 6) is 1.99. The van der Waals surface area contributed by atoms with E-state index in [1.165, 1.54) is 0 Å². The summed E-state index contributed by atoms with van der Waals surface area (Å²) < 4.78 is 11.9. The molecule has 1 rings (SSSR count). The van der Waals surface area contributed by atoms with Crippen LogP contribution in [0.25, 0.3) is 0 Å². The number of rotatable bonds is 7. The first kappa shape index (κ1) is 15.7. The Hall–Kier alpha value is -1.36. The second-order valence-corrected chi connectivity index (χ2v) is 5.64. The summed E-state index contributed by atoms with van der Waals surface area (Å²) in [7, 11) is -0.858. The molecule has 0 amide bonds. The minimum Gasteiger partial charge on any atom is -0.357 e. The molecule has 0 fully saturated rings. The second-order valence-electron chi connectivity index (χ2n) is 4.06. The Bertz CT molecular complexity index is 398. The summed E-state index contributed by atoms with van der Waals surface area (Å²) in [6.45, 7) is 6.30. The van der Waals surface area contributed by atoms with E-state index in [0.717, 1.165) is 24.6 Å². The fraction of sp³-hybridized carbons (Fsp3) is 0.500. The van der Waals surface area contributed by atoms with Crippen LogP contribution in [0.2, 0.25) is 0 Å². The third kappa shape index (κ3) is 6.96. The highest BCUT2D eigenvalue weighted by Gasteiger charge is 2.01. The van der Waals surface area contributed by atoms with Crippen LogP contribution in [0.3, 0.4) is 0 Å². The minimum atomic E-state index is -0.858. The zero-order valence-corrected chi connectivity index (χ0v) is 12.5. The van der Waals surface area contributed by atoms with Gasteiger partial charge in [0.1, 0.15) is 0 Å². The topological polar surface area (TPSA) is 53.5 Å². The van der Waals surface area contributed by atoms with Crippen molar-refractivity contribution in [2.45, 2.75) is 19.6 Å². The largest absolute Gasteiger partial charge is 0.357 e. The first-order chi connectivity index (χ1) is 9.26. The van der Waals surface area contributed by atoms with E-state index in [0.29, 0.717) is 18.1 Å². The van der Waals surface area contributed by atoms with E-state index in [2.05, 4.69) is 15.6 Å². The van der Waals surface area contributed by atoms with Gasteiger partial charge in [-0.3, -0.25) is 9.20 Å². The van der Waals surface area contributed by atoms with Crippen molar-refractivity contribution in [1.82, 2.24) is 10.6 Å². The van der Waals surface area contributed by atoms with E-state index in [1.807, 2.05) is 44.2 Å².